The van der Waals surface area contributed by atoms with Crippen LogP contribution < -0.4 is 5.73 Å². The van der Waals surface area contributed by atoms with Crippen molar-refractivity contribution in [2.75, 3.05) is 18.2 Å². The summed E-state index contributed by atoms with van der Waals surface area (Å²) in [5, 5.41) is 0.673. The Morgan fingerprint density at radius 1 is 1.53 bits per heavy atom. The standard InChI is InChI=1S/C12H15ClN2OS/c13-10-4-2-1-3-9(10)7-11(14)12(16)15-5-6-17-8-15/h1-4,11H,5-8,14H2. The highest BCUT2D eigenvalue weighted by atomic mass is 35.5. The third-order valence-corrected chi connectivity index (χ3v) is 4.11. The molecule has 0 aliphatic carbocycles. The lowest BCUT2D eigenvalue weighted by molar-refractivity contribution is -0.131. The molecule has 17 heavy (non-hydrogen) atoms. The van der Waals surface area contributed by atoms with Crippen molar-refractivity contribution in [2.45, 2.75) is 12.5 Å². The zero-order chi connectivity index (χ0) is 12.3. The van der Waals surface area contributed by atoms with E-state index in [1.54, 1.807) is 11.8 Å². The third-order valence-electron chi connectivity index (χ3n) is 2.78. The lowest BCUT2D eigenvalue weighted by atomic mass is 10.1. The molecule has 1 amide bonds. The molecule has 1 heterocycles. The van der Waals surface area contributed by atoms with Crippen LogP contribution in [0.2, 0.25) is 5.02 Å². The molecule has 5 heteroatoms. The molecule has 1 saturated heterocycles. The van der Waals surface area contributed by atoms with Gasteiger partial charge in [0.2, 0.25) is 5.91 Å². The van der Waals surface area contributed by atoms with Crippen LogP contribution in [-0.2, 0) is 11.2 Å². The molecule has 1 atom stereocenters. The first kappa shape index (κ1) is 12.7. The molecule has 0 saturated carbocycles. The molecule has 2 rings (SSSR count). The van der Waals surface area contributed by atoms with Gasteiger partial charge in [0.15, 0.2) is 0 Å². The van der Waals surface area contributed by atoms with E-state index >= 15 is 0 Å². The quantitative estimate of drug-likeness (QED) is 0.910. The summed E-state index contributed by atoms with van der Waals surface area (Å²) in [4.78, 5) is 13.8. The van der Waals surface area contributed by atoms with Crippen molar-refractivity contribution in [3.05, 3.63) is 34.9 Å². The van der Waals surface area contributed by atoms with Gasteiger partial charge >= 0.3 is 0 Å². The number of thioether (sulfide) groups is 1. The van der Waals surface area contributed by atoms with Crippen molar-refractivity contribution >= 4 is 29.3 Å². The van der Waals surface area contributed by atoms with Crippen LogP contribution in [0.1, 0.15) is 5.56 Å². The van der Waals surface area contributed by atoms with Gasteiger partial charge in [0, 0.05) is 17.3 Å². The highest BCUT2D eigenvalue weighted by Gasteiger charge is 2.24. The third kappa shape index (κ3) is 3.15. The van der Waals surface area contributed by atoms with Gasteiger partial charge in [-0.2, -0.15) is 0 Å². The number of rotatable bonds is 3. The Balaban J connectivity index is 1.99. The minimum Gasteiger partial charge on any atom is -0.331 e. The molecule has 0 spiro atoms. The summed E-state index contributed by atoms with van der Waals surface area (Å²) in [6, 6.07) is 7.02. The highest BCUT2D eigenvalue weighted by Crippen LogP contribution is 2.18. The first-order chi connectivity index (χ1) is 8.18. The maximum Gasteiger partial charge on any atom is 0.240 e. The second kappa shape index (κ2) is 5.76. The van der Waals surface area contributed by atoms with Crippen LogP contribution in [0.5, 0.6) is 0 Å². The Morgan fingerprint density at radius 2 is 2.29 bits per heavy atom. The van der Waals surface area contributed by atoms with Crippen molar-refractivity contribution in [2.24, 2.45) is 5.73 Å². The van der Waals surface area contributed by atoms with Gasteiger partial charge in [-0.3, -0.25) is 4.79 Å². The molecule has 0 aromatic heterocycles. The minimum atomic E-state index is -0.492. The SMILES string of the molecule is NC(Cc1ccccc1Cl)C(=O)N1CCSC1. The molecule has 0 bridgehead atoms. The van der Waals surface area contributed by atoms with Gasteiger partial charge in [-0.1, -0.05) is 29.8 Å². The normalized spacial score (nSPS) is 17.2. The fraction of sp³-hybridized carbons (Fsp3) is 0.417. The van der Waals surface area contributed by atoms with E-state index < -0.39 is 6.04 Å². The van der Waals surface area contributed by atoms with Gasteiger partial charge in [0.05, 0.1) is 11.9 Å². The summed E-state index contributed by atoms with van der Waals surface area (Å²) in [6.45, 7) is 0.805. The monoisotopic (exact) mass is 270 g/mol. The van der Waals surface area contributed by atoms with E-state index in [2.05, 4.69) is 0 Å². The number of amides is 1. The molecule has 92 valence electrons. The molecular formula is C12H15ClN2OS. The first-order valence-electron chi connectivity index (χ1n) is 5.54. The number of hydrogen-bond acceptors (Lipinski definition) is 3. The molecule has 1 aliphatic heterocycles. The maximum absolute atomic E-state index is 12.0. The Hall–Kier alpha value is -0.710. The number of carbonyl (C=O) groups is 1. The van der Waals surface area contributed by atoms with Crippen molar-refractivity contribution in [1.29, 1.82) is 0 Å². The summed E-state index contributed by atoms with van der Waals surface area (Å²) in [6.07, 6.45) is 0.500. The van der Waals surface area contributed by atoms with E-state index in [1.165, 1.54) is 0 Å². The van der Waals surface area contributed by atoms with Crippen LogP contribution in [0.25, 0.3) is 0 Å². The number of benzene rings is 1. The second-order valence-electron chi connectivity index (χ2n) is 4.04. The zero-order valence-corrected chi connectivity index (χ0v) is 11.0. The number of nitrogens with two attached hydrogens (primary N) is 1. The van der Waals surface area contributed by atoms with Crippen LogP contribution in [0, 0.1) is 0 Å². The smallest absolute Gasteiger partial charge is 0.240 e. The van der Waals surface area contributed by atoms with Gasteiger partial charge < -0.3 is 10.6 Å². The number of hydrogen-bond donors (Lipinski definition) is 1. The van der Waals surface area contributed by atoms with Crippen LogP contribution >= 0.6 is 23.4 Å². The van der Waals surface area contributed by atoms with Crippen molar-refractivity contribution < 1.29 is 4.79 Å². The zero-order valence-electron chi connectivity index (χ0n) is 9.43. The molecule has 0 radical (unpaired) electrons. The molecule has 1 aromatic carbocycles. The molecule has 1 aliphatic rings. The van der Waals surface area contributed by atoms with E-state index in [1.807, 2.05) is 29.2 Å². The fourth-order valence-electron chi connectivity index (χ4n) is 1.81. The van der Waals surface area contributed by atoms with Gasteiger partial charge in [0.1, 0.15) is 0 Å². The largest absolute Gasteiger partial charge is 0.331 e. The first-order valence-corrected chi connectivity index (χ1v) is 7.07. The summed E-state index contributed by atoms with van der Waals surface area (Å²) in [5.74, 6) is 1.79. The van der Waals surface area contributed by atoms with Crippen LogP contribution in [0.4, 0.5) is 0 Å². The van der Waals surface area contributed by atoms with Crippen LogP contribution in [0.3, 0.4) is 0 Å². The minimum absolute atomic E-state index is 0.0231. The number of halogens is 1. The van der Waals surface area contributed by atoms with E-state index in [4.69, 9.17) is 17.3 Å². The average molecular weight is 271 g/mol. The summed E-state index contributed by atoms with van der Waals surface area (Å²) >= 11 is 7.81. The van der Waals surface area contributed by atoms with E-state index in [0.717, 1.165) is 23.7 Å². The lowest BCUT2D eigenvalue weighted by Crippen LogP contribution is -2.43. The van der Waals surface area contributed by atoms with Crippen molar-refractivity contribution in [3.8, 4) is 0 Å². The number of nitrogens with zero attached hydrogens (tertiary/aromatic N) is 1. The molecular weight excluding hydrogens is 256 g/mol. The highest BCUT2D eigenvalue weighted by molar-refractivity contribution is 7.99. The van der Waals surface area contributed by atoms with E-state index in [9.17, 15) is 4.79 Å². The molecule has 1 aromatic rings. The average Bonchev–Trinajstić information content (AvgIpc) is 2.84. The molecule has 3 nitrogen and oxygen atoms in total. The van der Waals surface area contributed by atoms with E-state index in [0.29, 0.717) is 11.4 Å². The van der Waals surface area contributed by atoms with Crippen molar-refractivity contribution in [1.82, 2.24) is 4.90 Å². The lowest BCUT2D eigenvalue weighted by Gasteiger charge is -2.19. The summed E-state index contributed by atoms with van der Waals surface area (Å²) < 4.78 is 0. The molecule has 1 fully saturated rings. The molecule has 1 unspecified atom stereocenters. The Bertz CT molecular complexity index is 407. The predicted molar refractivity (Wildman–Crippen MR) is 72.2 cm³/mol. The summed E-state index contributed by atoms with van der Waals surface area (Å²) in [7, 11) is 0. The van der Waals surface area contributed by atoms with Gasteiger partial charge in [-0.25, -0.2) is 0 Å². The second-order valence-corrected chi connectivity index (χ2v) is 5.52. The Labute approximate surface area is 110 Å². The van der Waals surface area contributed by atoms with Gasteiger partial charge in [-0.15, -0.1) is 11.8 Å². The maximum atomic E-state index is 12.0. The fourth-order valence-corrected chi connectivity index (χ4v) is 2.98. The van der Waals surface area contributed by atoms with Crippen molar-refractivity contribution in [3.63, 3.8) is 0 Å². The van der Waals surface area contributed by atoms with Crippen LogP contribution in [0.15, 0.2) is 24.3 Å². The topological polar surface area (TPSA) is 46.3 Å². The predicted octanol–water partition coefficient (Wildman–Crippen LogP) is 1.74. The van der Waals surface area contributed by atoms with E-state index in [-0.39, 0.29) is 5.91 Å². The summed E-state index contributed by atoms with van der Waals surface area (Å²) in [5.41, 5.74) is 6.87. The Morgan fingerprint density at radius 3 is 2.94 bits per heavy atom. The number of carbonyl (C=O) groups excluding carboxylic acids is 1. The van der Waals surface area contributed by atoms with Gasteiger partial charge in [-0.05, 0) is 18.1 Å². The van der Waals surface area contributed by atoms with Gasteiger partial charge in [0.25, 0.3) is 0 Å². The Kier molecular flexibility index (Phi) is 4.31. The van der Waals surface area contributed by atoms with Crippen LogP contribution in [-0.4, -0.2) is 35.0 Å². The molecule has 2 N–H and O–H groups in total.